The van der Waals surface area contributed by atoms with Crippen LogP contribution in [0.5, 0.6) is 11.5 Å². The first kappa shape index (κ1) is 14.0. The molecule has 21 heavy (non-hydrogen) atoms. The van der Waals surface area contributed by atoms with Crippen LogP contribution in [-0.2, 0) is 12.0 Å². The number of hydrogen-bond acceptors (Lipinski definition) is 2. The lowest BCUT2D eigenvalue weighted by atomic mass is 9.85. The summed E-state index contributed by atoms with van der Waals surface area (Å²) < 4.78 is 12.1. The minimum atomic E-state index is -0.304. The van der Waals surface area contributed by atoms with Crippen LogP contribution < -0.4 is 9.47 Å². The van der Waals surface area contributed by atoms with E-state index >= 15 is 0 Å². The van der Waals surface area contributed by atoms with Gasteiger partial charge in [0.1, 0.15) is 17.1 Å². The van der Waals surface area contributed by atoms with E-state index in [1.807, 2.05) is 6.92 Å². The van der Waals surface area contributed by atoms with Crippen LogP contribution in [0.4, 0.5) is 0 Å². The average molecular weight is 282 g/mol. The summed E-state index contributed by atoms with van der Waals surface area (Å²) in [6, 6.07) is 12.7. The van der Waals surface area contributed by atoms with Crippen molar-refractivity contribution in [2.45, 2.75) is 39.7 Å². The summed E-state index contributed by atoms with van der Waals surface area (Å²) in [7, 11) is 0. The Morgan fingerprint density at radius 2 is 1.81 bits per heavy atom. The molecule has 110 valence electrons. The van der Waals surface area contributed by atoms with Crippen LogP contribution >= 0.6 is 0 Å². The summed E-state index contributed by atoms with van der Waals surface area (Å²) in [5, 5.41) is 0. The van der Waals surface area contributed by atoms with E-state index in [0.717, 1.165) is 23.5 Å². The predicted molar refractivity (Wildman–Crippen MR) is 86.1 cm³/mol. The van der Waals surface area contributed by atoms with Gasteiger partial charge in [-0.3, -0.25) is 0 Å². The van der Waals surface area contributed by atoms with Gasteiger partial charge >= 0.3 is 0 Å². The highest BCUT2D eigenvalue weighted by Gasteiger charge is 2.32. The van der Waals surface area contributed by atoms with Crippen LogP contribution in [-0.4, -0.2) is 6.61 Å². The van der Waals surface area contributed by atoms with Gasteiger partial charge in [0.05, 0.1) is 6.61 Å². The topological polar surface area (TPSA) is 18.5 Å². The number of benzene rings is 2. The lowest BCUT2D eigenvalue weighted by Crippen LogP contribution is -2.29. The Morgan fingerprint density at radius 3 is 2.52 bits per heavy atom. The predicted octanol–water partition coefficient (Wildman–Crippen LogP) is 4.94. The molecule has 2 heteroatoms. The summed E-state index contributed by atoms with van der Waals surface area (Å²) in [6.07, 6.45) is 0.939. The van der Waals surface area contributed by atoms with Crippen molar-refractivity contribution in [1.29, 1.82) is 0 Å². The first-order valence-corrected chi connectivity index (χ1v) is 7.65. The van der Waals surface area contributed by atoms with E-state index in [1.54, 1.807) is 0 Å². The molecule has 1 aliphatic rings. The Morgan fingerprint density at radius 1 is 1.05 bits per heavy atom. The average Bonchev–Trinajstić information content (AvgIpc) is 2.47. The fourth-order valence-electron chi connectivity index (χ4n) is 3.04. The molecule has 1 aliphatic heterocycles. The van der Waals surface area contributed by atoms with Gasteiger partial charge in [-0.1, -0.05) is 31.2 Å². The third kappa shape index (κ3) is 2.29. The quantitative estimate of drug-likeness (QED) is 0.793. The maximum Gasteiger partial charge on any atom is 0.129 e. The number of hydrogen-bond donors (Lipinski definition) is 0. The molecular formula is C19H22O2. The highest BCUT2D eigenvalue weighted by molar-refractivity contribution is 5.78. The van der Waals surface area contributed by atoms with Crippen molar-refractivity contribution in [2.75, 3.05) is 6.61 Å². The van der Waals surface area contributed by atoms with Gasteiger partial charge in [-0.15, -0.1) is 0 Å². The molecule has 0 aliphatic carbocycles. The lowest BCUT2D eigenvalue weighted by molar-refractivity contribution is 0.105. The molecule has 0 atom stereocenters. The van der Waals surface area contributed by atoms with Gasteiger partial charge < -0.3 is 9.47 Å². The first-order valence-electron chi connectivity index (χ1n) is 7.65. The zero-order chi connectivity index (χ0) is 15.0. The lowest BCUT2D eigenvalue weighted by Gasteiger charge is -2.35. The third-order valence-electron chi connectivity index (χ3n) is 4.07. The van der Waals surface area contributed by atoms with Crippen molar-refractivity contribution in [3.8, 4) is 22.6 Å². The van der Waals surface area contributed by atoms with Crippen LogP contribution in [0.2, 0.25) is 0 Å². The Hall–Kier alpha value is -1.96. The molecule has 0 unspecified atom stereocenters. The van der Waals surface area contributed by atoms with Gasteiger partial charge in [0, 0.05) is 11.1 Å². The second-order valence-corrected chi connectivity index (χ2v) is 5.90. The molecule has 2 aromatic rings. The minimum absolute atomic E-state index is 0.304. The molecule has 0 saturated heterocycles. The van der Waals surface area contributed by atoms with Crippen molar-refractivity contribution in [1.82, 2.24) is 0 Å². The molecule has 0 bridgehead atoms. The number of fused-ring (bicyclic) bond motifs is 3. The van der Waals surface area contributed by atoms with Crippen LogP contribution in [0.1, 0.15) is 38.8 Å². The third-order valence-corrected chi connectivity index (χ3v) is 4.07. The molecule has 0 N–H and O–H groups in total. The first-order chi connectivity index (χ1) is 10.1. The maximum atomic E-state index is 6.27. The monoisotopic (exact) mass is 282 g/mol. The van der Waals surface area contributed by atoms with Crippen LogP contribution in [0.15, 0.2) is 36.4 Å². The molecule has 1 heterocycles. The second-order valence-electron chi connectivity index (χ2n) is 5.90. The van der Waals surface area contributed by atoms with Gasteiger partial charge in [-0.2, -0.15) is 0 Å². The van der Waals surface area contributed by atoms with E-state index in [0.29, 0.717) is 6.61 Å². The van der Waals surface area contributed by atoms with E-state index < -0.39 is 0 Å². The van der Waals surface area contributed by atoms with E-state index in [-0.39, 0.29) is 5.60 Å². The Bertz CT molecular complexity index is 671. The normalized spacial score (nSPS) is 14.9. The Kier molecular flexibility index (Phi) is 3.40. The molecule has 2 aromatic carbocycles. The zero-order valence-electron chi connectivity index (χ0n) is 13.2. The largest absolute Gasteiger partial charge is 0.494 e. The van der Waals surface area contributed by atoms with Crippen LogP contribution in [0.25, 0.3) is 11.1 Å². The van der Waals surface area contributed by atoms with E-state index in [1.165, 1.54) is 16.7 Å². The van der Waals surface area contributed by atoms with Crippen molar-refractivity contribution in [3.63, 3.8) is 0 Å². The van der Waals surface area contributed by atoms with Gasteiger partial charge in [-0.05, 0) is 50.5 Å². The fourth-order valence-corrected chi connectivity index (χ4v) is 3.04. The molecule has 2 nitrogen and oxygen atoms in total. The zero-order valence-corrected chi connectivity index (χ0v) is 13.2. The van der Waals surface area contributed by atoms with Crippen LogP contribution in [0, 0.1) is 0 Å². The fraction of sp³-hybridized carbons (Fsp3) is 0.368. The van der Waals surface area contributed by atoms with Gasteiger partial charge in [-0.25, -0.2) is 0 Å². The summed E-state index contributed by atoms with van der Waals surface area (Å²) >= 11 is 0. The number of rotatable bonds is 3. The summed E-state index contributed by atoms with van der Waals surface area (Å²) in [5.41, 5.74) is 4.50. The summed E-state index contributed by atoms with van der Waals surface area (Å²) in [5.74, 6) is 1.93. The van der Waals surface area contributed by atoms with Gasteiger partial charge in [0.15, 0.2) is 0 Å². The van der Waals surface area contributed by atoms with E-state index in [2.05, 4.69) is 57.2 Å². The molecule has 3 rings (SSSR count). The van der Waals surface area contributed by atoms with Crippen molar-refractivity contribution in [2.24, 2.45) is 0 Å². The molecule has 0 spiro atoms. The minimum Gasteiger partial charge on any atom is -0.494 e. The SMILES string of the molecule is CCOc1cc2c(cc1CC)OC(C)(C)c1ccccc1-2. The van der Waals surface area contributed by atoms with E-state index in [4.69, 9.17) is 9.47 Å². The second kappa shape index (κ2) is 5.10. The molecule has 0 radical (unpaired) electrons. The molecular weight excluding hydrogens is 260 g/mol. The van der Waals surface area contributed by atoms with Crippen molar-refractivity contribution < 1.29 is 9.47 Å². The standard InChI is InChI=1S/C19H22O2/c1-5-13-11-18-15(12-17(13)20-6-2)14-9-7-8-10-16(14)19(3,4)21-18/h7-12H,5-6H2,1-4H3. The van der Waals surface area contributed by atoms with Gasteiger partial charge in [0.2, 0.25) is 0 Å². The van der Waals surface area contributed by atoms with Gasteiger partial charge in [0.25, 0.3) is 0 Å². The molecule has 0 aromatic heterocycles. The van der Waals surface area contributed by atoms with E-state index in [9.17, 15) is 0 Å². The van der Waals surface area contributed by atoms with Crippen LogP contribution in [0.3, 0.4) is 0 Å². The molecule has 0 saturated carbocycles. The maximum absolute atomic E-state index is 6.27. The molecule has 0 fully saturated rings. The number of aryl methyl sites for hydroxylation is 1. The number of ether oxygens (including phenoxy) is 2. The van der Waals surface area contributed by atoms with Crippen molar-refractivity contribution in [3.05, 3.63) is 47.5 Å². The Balaban J connectivity index is 2.23. The molecule has 0 amide bonds. The summed E-state index contributed by atoms with van der Waals surface area (Å²) in [4.78, 5) is 0. The summed E-state index contributed by atoms with van der Waals surface area (Å²) in [6.45, 7) is 9.09. The smallest absolute Gasteiger partial charge is 0.129 e. The Labute approximate surface area is 126 Å². The van der Waals surface area contributed by atoms with Crippen molar-refractivity contribution >= 4 is 0 Å². The highest BCUT2D eigenvalue weighted by Crippen LogP contribution is 2.47. The highest BCUT2D eigenvalue weighted by atomic mass is 16.5.